The zero-order valence-electron chi connectivity index (χ0n) is 11.3. The molecule has 1 aliphatic heterocycles. The zero-order valence-corrected chi connectivity index (χ0v) is 11.3. The van der Waals surface area contributed by atoms with Crippen LogP contribution in [0.15, 0.2) is 24.4 Å². The first-order chi connectivity index (χ1) is 9.43. The number of likely N-dealkylation sites (tertiary alicyclic amines) is 1. The first kappa shape index (κ1) is 12.5. The topological polar surface area (TPSA) is 28.3 Å². The highest BCUT2D eigenvalue weighted by molar-refractivity contribution is 5.84. The summed E-state index contributed by atoms with van der Waals surface area (Å²) in [4.78, 5) is 5.71. The second kappa shape index (κ2) is 6.11. The number of fused-ring (bicyclic) bond motifs is 1. The Morgan fingerprint density at radius 2 is 2.00 bits per heavy atom. The number of aromatic amines is 1. The quantitative estimate of drug-likeness (QED) is 0.911. The number of rotatable bonds is 4. The molecule has 1 radical (unpaired) electrons. The second-order valence-corrected chi connectivity index (χ2v) is 5.22. The van der Waals surface area contributed by atoms with Gasteiger partial charge in [0.1, 0.15) is 12.4 Å². The van der Waals surface area contributed by atoms with E-state index in [1.165, 1.54) is 38.8 Å². The van der Waals surface area contributed by atoms with E-state index in [2.05, 4.69) is 16.0 Å². The van der Waals surface area contributed by atoms with E-state index in [-0.39, 0.29) is 0 Å². The molecule has 0 bridgehead atoms. The Hall–Kier alpha value is -1.48. The number of ether oxygens (including phenoxy) is 1. The molecule has 3 nitrogen and oxygen atoms in total. The van der Waals surface area contributed by atoms with Gasteiger partial charge >= 0.3 is 0 Å². The molecule has 101 valence electrons. The number of nitrogens with zero attached hydrogens (tertiary/aromatic N) is 1. The standard InChI is InChI=1S/C16H21N2O/c1-2-4-11-18(10-3-1)12-13-19-15-7-5-6-14-8-9-17-16(14)15/h5-7,9,17H,1-4,10-13H2. The van der Waals surface area contributed by atoms with Crippen LogP contribution in [-0.4, -0.2) is 36.1 Å². The van der Waals surface area contributed by atoms with Crippen molar-refractivity contribution in [2.75, 3.05) is 26.2 Å². The molecule has 1 aliphatic rings. The molecular weight excluding hydrogens is 236 g/mol. The zero-order chi connectivity index (χ0) is 12.9. The van der Waals surface area contributed by atoms with Gasteiger partial charge in [0.15, 0.2) is 0 Å². The van der Waals surface area contributed by atoms with Crippen LogP contribution < -0.4 is 4.74 Å². The summed E-state index contributed by atoms with van der Waals surface area (Å²) < 4.78 is 5.93. The van der Waals surface area contributed by atoms with Crippen molar-refractivity contribution in [2.45, 2.75) is 25.7 Å². The Morgan fingerprint density at radius 3 is 2.84 bits per heavy atom. The molecule has 0 saturated carbocycles. The van der Waals surface area contributed by atoms with Gasteiger partial charge in [-0.1, -0.05) is 25.0 Å². The van der Waals surface area contributed by atoms with Crippen molar-refractivity contribution in [3.8, 4) is 5.75 Å². The highest BCUT2D eigenvalue weighted by Gasteiger charge is 2.09. The minimum Gasteiger partial charge on any atom is -0.490 e. The summed E-state index contributed by atoms with van der Waals surface area (Å²) in [5.41, 5.74) is 1.05. The van der Waals surface area contributed by atoms with E-state index >= 15 is 0 Å². The van der Waals surface area contributed by atoms with Gasteiger partial charge in [-0.2, -0.15) is 0 Å². The van der Waals surface area contributed by atoms with Crippen molar-refractivity contribution >= 4 is 10.9 Å². The van der Waals surface area contributed by atoms with E-state index < -0.39 is 0 Å². The van der Waals surface area contributed by atoms with Crippen LogP contribution in [-0.2, 0) is 0 Å². The summed E-state index contributed by atoms with van der Waals surface area (Å²) in [6.45, 7) is 4.24. The Labute approximate surface area is 114 Å². The summed E-state index contributed by atoms with van der Waals surface area (Å²) in [6.07, 6.45) is 7.28. The van der Waals surface area contributed by atoms with E-state index in [9.17, 15) is 0 Å². The largest absolute Gasteiger partial charge is 0.490 e. The summed E-state index contributed by atoms with van der Waals surface area (Å²) in [6, 6.07) is 9.26. The normalized spacial score (nSPS) is 17.5. The number of hydrogen-bond acceptors (Lipinski definition) is 2. The van der Waals surface area contributed by atoms with Gasteiger partial charge < -0.3 is 9.72 Å². The van der Waals surface area contributed by atoms with Crippen molar-refractivity contribution in [1.29, 1.82) is 0 Å². The van der Waals surface area contributed by atoms with Crippen LogP contribution >= 0.6 is 0 Å². The third-order valence-corrected chi connectivity index (χ3v) is 3.83. The van der Waals surface area contributed by atoms with Gasteiger partial charge in [0.25, 0.3) is 0 Å². The average molecular weight is 257 g/mol. The van der Waals surface area contributed by atoms with Crippen molar-refractivity contribution in [1.82, 2.24) is 9.88 Å². The molecule has 0 unspecified atom stereocenters. The van der Waals surface area contributed by atoms with Crippen LogP contribution in [0.1, 0.15) is 25.7 Å². The van der Waals surface area contributed by atoms with E-state index in [1.54, 1.807) is 0 Å². The van der Waals surface area contributed by atoms with Crippen LogP contribution in [0.5, 0.6) is 5.75 Å². The first-order valence-electron chi connectivity index (χ1n) is 7.26. The molecule has 1 aromatic carbocycles. The van der Waals surface area contributed by atoms with Crippen LogP contribution in [0.25, 0.3) is 10.9 Å². The molecule has 1 saturated heterocycles. The Bertz CT molecular complexity index is 512. The van der Waals surface area contributed by atoms with Crippen LogP contribution in [0, 0.1) is 6.07 Å². The lowest BCUT2D eigenvalue weighted by Crippen LogP contribution is -2.29. The predicted octanol–water partition coefficient (Wildman–Crippen LogP) is 3.22. The monoisotopic (exact) mass is 257 g/mol. The van der Waals surface area contributed by atoms with E-state index in [0.29, 0.717) is 0 Å². The van der Waals surface area contributed by atoms with E-state index in [1.807, 2.05) is 24.4 Å². The SMILES string of the molecule is [c]1c[nH]c2c(OCCN3CCCCCC3)cccc12. The van der Waals surface area contributed by atoms with Gasteiger partial charge in [-0.25, -0.2) is 0 Å². The lowest BCUT2D eigenvalue weighted by molar-refractivity contribution is 0.215. The lowest BCUT2D eigenvalue weighted by Gasteiger charge is -2.19. The smallest absolute Gasteiger partial charge is 0.143 e. The molecule has 3 heteroatoms. The van der Waals surface area contributed by atoms with Gasteiger partial charge in [0, 0.05) is 24.2 Å². The Kier molecular flexibility index (Phi) is 4.04. The summed E-state index contributed by atoms with van der Waals surface area (Å²) in [7, 11) is 0. The Balaban J connectivity index is 1.55. The predicted molar refractivity (Wildman–Crippen MR) is 77.5 cm³/mol. The number of H-pyrrole nitrogens is 1. The summed E-state index contributed by atoms with van der Waals surface area (Å²) in [5, 5.41) is 1.09. The fraction of sp³-hybridized carbons (Fsp3) is 0.500. The first-order valence-corrected chi connectivity index (χ1v) is 7.26. The van der Waals surface area contributed by atoms with Crippen molar-refractivity contribution in [2.24, 2.45) is 0 Å². The number of nitrogens with one attached hydrogen (secondary N) is 1. The van der Waals surface area contributed by atoms with E-state index in [4.69, 9.17) is 4.74 Å². The number of para-hydroxylation sites is 1. The highest BCUT2D eigenvalue weighted by Crippen LogP contribution is 2.23. The van der Waals surface area contributed by atoms with Crippen LogP contribution in [0.2, 0.25) is 0 Å². The molecule has 1 aromatic heterocycles. The van der Waals surface area contributed by atoms with Crippen LogP contribution in [0.4, 0.5) is 0 Å². The van der Waals surface area contributed by atoms with Gasteiger partial charge in [0.2, 0.25) is 0 Å². The fourth-order valence-corrected chi connectivity index (χ4v) is 2.75. The van der Waals surface area contributed by atoms with Gasteiger partial charge in [-0.15, -0.1) is 0 Å². The fourth-order valence-electron chi connectivity index (χ4n) is 2.75. The molecular formula is C16H21N2O. The molecule has 1 fully saturated rings. The van der Waals surface area contributed by atoms with Crippen molar-refractivity contribution in [3.63, 3.8) is 0 Å². The van der Waals surface area contributed by atoms with E-state index in [0.717, 1.165) is 29.8 Å². The molecule has 0 amide bonds. The third kappa shape index (κ3) is 3.10. The molecule has 0 aliphatic carbocycles. The lowest BCUT2D eigenvalue weighted by atomic mass is 10.2. The summed E-state index contributed by atoms with van der Waals surface area (Å²) in [5.74, 6) is 0.938. The third-order valence-electron chi connectivity index (χ3n) is 3.83. The molecule has 3 rings (SSSR count). The highest BCUT2D eigenvalue weighted by atomic mass is 16.5. The average Bonchev–Trinajstić information content (AvgIpc) is 2.77. The maximum absolute atomic E-state index is 5.93. The van der Waals surface area contributed by atoms with Crippen molar-refractivity contribution < 1.29 is 4.74 Å². The molecule has 0 spiro atoms. The Morgan fingerprint density at radius 1 is 1.16 bits per heavy atom. The minimum atomic E-state index is 0.762. The number of benzene rings is 1. The molecule has 0 atom stereocenters. The van der Waals surface area contributed by atoms with Crippen molar-refractivity contribution in [3.05, 3.63) is 30.5 Å². The molecule has 1 N–H and O–H groups in total. The maximum Gasteiger partial charge on any atom is 0.143 e. The second-order valence-electron chi connectivity index (χ2n) is 5.22. The van der Waals surface area contributed by atoms with Crippen LogP contribution in [0.3, 0.4) is 0 Å². The maximum atomic E-state index is 5.93. The van der Waals surface area contributed by atoms with Gasteiger partial charge in [-0.3, -0.25) is 4.90 Å². The minimum absolute atomic E-state index is 0.762. The van der Waals surface area contributed by atoms with Gasteiger partial charge in [-0.05, 0) is 32.0 Å². The number of aromatic nitrogens is 1. The summed E-state index contributed by atoms with van der Waals surface area (Å²) >= 11 is 0. The molecule has 19 heavy (non-hydrogen) atoms. The molecule has 2 heterocycles. The van der Waals surface area contributed by atoms with Gasteiger partial charge in [0.05, 0.1) is 5.52 Å². The molecule has 2 aromatic rings. The number of hydrogen-bond donors (Lipinski definition) is 1.